The van der Waals surface area contributed by atoms with E-state index in [0.29, 0.717) is 17.2 Å². The number of pyridine rings is 1. The zero-order valence-electron chi connectivity index (χ0n) is 7.57. The van der Waals surface area contributed by atoms with Gasteiger partial charge < -0.3 is 0 Å². The Labute approximate surface area is 92.1 Å². The number of carbonyl (C=O) groups is 1. The molecule has 74 valence electrons. The van der Waals surface area contributed by atoms with E-state index in [1.807, 2.05) is 0 Å². The van der Waals surface area contributed by atoms with E-state index in [1.165, 1.54) is 11.8 Å². The van der Waals surface area contributed by atoms with Crippen molar-refractivity contribution in [2.45, 2.75) is 29.5 Å². The van der Waals surface area contributed by atoms with Crippen molar-refractivity contribution >= 4 is 29.1 Å². The van der Waals surface area contributed by atoms with E-state index in [-0.39, 0.29) is 5.25 Å². The van der Waals surface area contributed by atoms with Gasteiger partial charge in [-0.1, -0.05) is 23.4 Å². The lowest BCUT2D eigenvalue weighted by atomic mass is 10.3. The van der Waals surface area contributed by atoms with E-state index in [0.717, 1.165) is 17.9 Å². The number of rotatable bonds is 2. The summed E-state index contributed by atoms with van der Waals surface area (Å²) >= 11 is 7.45. The fourth-order valence-corrected chi connectivity index (χ4v) is 2.86. The number of hydrogen-bond donors (Lipinski definition) is 0. The molecule has 2 nitrogen and oxygen atoms in total. The number of aromatic nitrogens is 1. The van der Waals surface area contributed by atoms with Crippen molar-refractivity contribution < 1.29 is 4.79 Å². The minimum absolute atomic E-state index is 0.0717. The van der Waals surface area contributed by atoms with Gasteiger partial charge in [-0.25, -0.2) is 4.98 Å². The molecule has 0 spiro atoms. The van der Waals surface area contributed by atoms with Gasteiger partial charge in [-0.3, -0.25) is 4.79 Å². The largest absolute Gasteiger partial charge is 0.298 e. The van der Waals surface area contributed by atoms with Gasteiger partial charge in [0.15, 0.2) is 0 Å². The van der Waals surface area contributed by atoms with E-state index < -0.39 is 0 Å². The number of Topliss-reactive ketones (excluding diaryl/α,β-unsaturated/α-hetero) is 1. The molecule has 14 heavy (non-hydrogen) atoms. The van der Waals surface area contributed by atoms with Gasteiger partial charge in [-0.15, -0.1) is 0 Å². The molecule has 1 unspecified atom stereocenters. The highest BCUT2D eigenvalue weighted by molar-refractivity contribution is 8.00. The first-order valence-corrected chi connectivity index (χ1v) is 5.83. The number of carbonyl (C=O) groups excluding carboxylic acids is 1. The number of halogens is 1. The Balaban J connectivity index is 2.10. The molecule has 1 heterocycles. The van der Waals surface area contributed by atoms with Gasteiger partial charge >= 0.3 is 0 Å². The first kappa shape index (κ1) is 9.99. The van der Waals surface area contributed by atoms with Crippen LogP contribution < -0.4 is 0 Å². The Morgan fingerprint density at radius 2 is 2.43 bits per heavy atom. The van der Waals surface area contributed by atoms with E-state index >= 15 is 0 Å². The molecular weight excluding hydrogens is 218 g/mol. The third-order valence-corrected chi connectivity index (χ3v) is 3.98. The standard InChI is InChI=1S/C10H10ClNOS/c11-7-3-2-6-12-10(7)14-9-5-1-4-8(9)13/h2-3,6,9H,1,4-5H2. The molecule has 1 atom stereocenters. The van der Waals surface area contributed by atoms with Crippen LogP contribution >= 0.6 is 23.4 Å². The van der Waals surface area contributed by atoms with E-state index in [2.05, 4.69) is 4.98 Å². The lowest BCUT2D eigenvalue weighted by Gasteiger charge is -2.07. The van der Waals surface area contributed by atoms with Gasteiger partial charge in [0.05, 0.1) is 10.3 Å². The molecule has 4 heteroatoms. The van der Waals surface area contributed by atoms with Crippen LogP contribution in [0, 0.1) is 0 Å². The maximum Gasteiger partial charge on any atom is 0.146 e. The van der Waals surface area contributed by atoms with Crippen LogP contribution in [0.3, 0.4) is 0 Å². The molecule has 1 aliphatic carbocycles. The zero-order valence-corrected chi connectivity index (χ0v) is 9.14. The summed E-state index contributed by atoms with van der Waals surface area (Å²) in [6.45, 7) is 0. The fourth-order valence-electron chi connectivity index (χ4n) is 1.50. The fraction of sp³-hybridized carbons (Fsp3) is 0.400. The van der Waals surface area contributed by atoms with Gasteiger partial charge in [0, 0.05) is 12.6 Å². The predicted octanol–water partition coefficient (Wildman–Crippen LogP) is 2.95. The number of nitrogens with zero attached hydrogens (tertiary/aromatic N) is 1. The number of hydrogen-bond acceptors (Lipinski definition) is 3. The first-order chi connectivity index (χ1) is 6.77. The Morgan fingerprint density at radius 3 is 3.07 bits per heavy atom. The van der Waals surface area contributed by atoms with E-state index in [1.54, 1.807) is 18.3 Å². The molecule has 0 N–H and O–H groups in total. The van der Waals surface area contributed by atoms with E-state index in [4.69, 9.17) is 11.6 Å². The smallest absolute Gasteiger partial charge is 0.146 e. The zero-order chi connectivity index (χ0) is 9.97. The molecule has 0 bridgehead atoms. The molecule has 1 aromatic rings. The monoisotopic (exact) mass is 227 g/mol. The lowest BCUT2D eigenvalue weighted by Crippen LogP contribution is -2.08. The second kappa shape index (κ2) is 4.32. The molecular formula is C10H10ClNOS. The molecule has 0 aliphatic heterocycles. The van der Waals surface area contributed by atoms with Crippen LogP contribution in [0.5, 0.6) is 0 Å². The predicted molar refractivity (Wildman–Crippen MR) is 57.8 cm³/mol. The number of thioether (sulfide) groups is 1. The van der Waals surface area contributed by atoms with Gasteiger partial charge in [0.1, 0.15) is 10.8 Å². The Bertz CT molecular complexity index is 356. The average molecular weight is 228 g/mol. The summed E-state index contributed by atoms with van der Waals surface area (Å²) in [7, 11) is 0. The van der Waals surface area contributed by atoms with Crippen molar-refractivity contribution in [1.82, 2.24) is 4.98 Å². The summed E-state index contributed by atoms with van der Waals surface area (Å²) in [5.41, 5.74) is 0. The van der Waals surface area contributed by atoms with Crippen molar-refractivity contribution in [3.05, 3.63) is 23.4 Å². The lowest BCUT2D eigenvalue weighted by molar-refractivity contribution is -0.116. The highest BCUT2D eigenvalue weighted by Crippen LogP contribution is 2.34. The minimum Gasteiger partial charge on any atom is -0.298 e. The average Bonchev–Trinajstić information content (AvgIpc) is 2.56. The summed E-state index contributed by atoms with van der Waals surface area (Å²) in [6.07, 6.45) is 4.37. The molecule has 1 aliphatic rings. The van der Waals surface area contributed by atoms with Crippen LogP contribution in [-0.2, 0) is 4.79 Å². The number of ketones is 1. The molecule has 0 radical (unpaired) electrons. The molecule has 2 rings (SSSR count). The summed E-state index contributed by atoms with van der Waals surface area (Å²) in [5.74, 6) is 0.330. The van der Waals surface area contributed by atoms with Crippen molar-refractivity contribution in [1.29, 1.82) is 0 Å². The molecule has 1 saturated carbocycles. The maximum atomic E-state index is 11.4. The summed E-state index contributed by atoms with van der Waals surface area (Å²) < 4.78 is 0. The van der Waals surface area contributed by atoms with Gasteiger partial charge in [-0.2, -0.15) is 0 Å². The van der Waals surface area contributed by atoms with Gasteiger partial charge in [0.2, 0.25) is 0 Å². The van der Waals surface area contributed by atoms with Crippen LogP contribution in [-0.4, -0.2) is 16.0 Å². The first-order valence-electron chi connectivity index (χ1n) is 4.57. The summed E-state index contributed by atoms with van der Waals surface area (Å²) in [4.78, 5) is 15.6. The quantitative estimate of drug-likeness (QED) is 0.778. The Kier molecular flexibility index (Phi) is 3.08. The SMILES string of the molecule is O=C1CCCC1Sc1ncccc1Cl. The van der Waals surface area contributed by atoms with Crippen LogP contribution in [0.15, 0.2) is 23.4 Å². The third-order valence-electron chi connectivity index (χ3n) is 2.23. The molecule has 0 aromatic carbocycles. The van der Waals surface area contributed by atoms with E-state index in [9.17, 15) is 4.79 Å². The van der Waals surface area contributed by atoms with Gasteiger partial charge in [-0.05, 0) is 25.0 Å². The molecule has 0 amide bonds. The van der Waals surface area contributed by atoms with Crippen molar-refractivity contribution in [2.24, 2.45) is 0 Å². The Hall–Kier alpha value is -0.540. The topological polar surface area (TPSA) is 30.0 Å². The van der Waals surface area contributed by atoms with Crippen molar-refractivity contribution in [3.63, 3.8) is 0 Å². The summed E-state index contributed by atoms with van der Waals surface area (Å²) in [5, 5.41) is 1.48. The van der Waals surface area contributed by atoms with Crippen molar-refractivity contribution in [2.75, 3.05) is 0 Å². The maximum absolute atomic E-state index is 11.4. The molecule has 0 saturated heterocycles. The second-order valence-electron chi connectivity index (χ2n) is 3.26. The summed E-state index contributed by atoms with van der Waals surface area (Å²) in [6, 6.07) is 3.60. The van der Waals surface area contributed by atoms with Crippen molar-refractivity contribution in [3.8, 4) is 0 Å². The second-order valence-corrected chi connectivity index (χ2v) is 4.85. The third kappa shape index (κ3) is 2.10. The highest BCUT2D eigenvalue weighted by Gasteiger charge is 2.26. The normalized spacial score (nSPS) is 21.5. The van der Waals surface area contributed by atoms with Crippen LogP contribution in [0.25, 0.3) is 0 Å². The van der Waals surface area contributed by atoms with Gasteiger partial charge in [0.25, 0.3) is 0 Å². The van der Waals surface area contributed by atoms with Crippen LogP contribution in [0.2, 0.25) is 5.02 Å². The van der Waals surface area contributed by atoms with Crippen LogP contribution in [0.4, 0.5) is 0 Å². The Morgan fingerprint density at radius 1 is 1.57 bits per heavy atom. The highest BCUT2D eigenvalue weighted by atomic mass is 35.5. The minimum atomic E-state index is 0.0717. The molecule has 1 aromatic heterocycles. The molecule has 1 fully saturated rings. The van der Waals surface area contributed by atoms with Crippen LogP contribution in [0.1, 0.15) is 19.3 Å².